The highest BCUT2D eigenvalue weighted by Crippen LogP contribution is 2.33. The van der Waals surface area contributed by atoms with Gasteiger partial charge in [-0.25, -0.2) is 0 Å². The molecule has 1 aromatic rings. The Morgan fingerprint density at radius 1 is 1.33 bits per heavy atom. The molecule has 1 aliphatic carbocycles. The number of nitrogens with zero attached hydrogens (tertiary/aromatic N) is 1. The van der Waals surface area contributed by atoms with Crippen molar-refractivity contribution in [3.63, 3.8) is 0 Å². The average Bonchev–Trinajstić information content (AvgIpc) is 2.37. The molecular formula is C15H21Cl2N. The quantitative estimate of drug-likeness (QED) is 0.699. The van der Waals surface area contributed by atoms with Gasteiger partial charge < -0.3 is 4.90 Å². The molecule has 1 aliphatic rings. The van der Waals surface area contributed by atoms with Gasteiger partial charge in [-0.1, -0.05) is 37.4 Å². The van der Waals surface area contributed by atoms with Crippen LogP contribution in [0.2, 0.25) is 5.02 Å². The summed E-state index contributed by atoms with van der Waals surface area (Å²) >= 11 is 12.2. The molecule has 2 unspecified atom stereocenters. The van der Waals surface area contributed by atoms with E-state index in [4.69, 9.17) is 23.2 Å². The lowest BCUT2D eigenvalue weighted by Crippen LogP contribution is -2.35. The summed E-state index contributed by atoms with van der Waals surface area (Å²) in [7, 11) is 2.16. The molecule has 1 nitrogen and oxygen atoms in total. The molecule has 0 radical (unpaired) electrons. The van der Waals surface area contributed by atoms with E-state index in [1.54, 1.807) is 0 Å². The van der Waals surface area contributed by atoms with Crippen LogP contribution < -0.4 is 4.90 Å². The second-order valence-electron chi connectivity index (χ2n) is 5.46. The van der Waals surface area contributed by atoms with Crippen molar-refractivity contribution in [2.24, 2.45) is 5.92 Å². The van der Waals surface area contributed by atoms with E-state index in [9.17, 15) is 0 Å². The summed E-state index contributed by atoms with van der Waals surface area (Å²) in [5, 5.41) is 0.814. The van der Waals surface area contributed by atoms with Crippen LogP contribution in [0.1, 0.15) is 38.2 Å². The summed E-state index contributed by atoms with van der Waals surface area (Å²) in [6, 6.07) is 6.76. The van der Waals surface area contributed by atoms with Gasteiger partial charge in [-0.15, -0.1) is 11.6 Å². The predicted molar refractivity (Wildman–Crippen MR) is 80.8 cm³/mol. The van der Waals surface area contributed by atoms with Crippen molar-refractivity contribution >= 4 is 28.9 Å². The van der Waals surface area contributed by atoms with E-state index < -0.39 is 0 Å². The van der Waals surface area contributed by atoms with Crippen LogP contribution in [-0.4, -0.2) is 13.1 Å². The maximum absolute atomic E-state index is 6.36. The molecule has 18 heavy (non-hydrogen) atoms. The number of anilines is 1. The van der Waals surface area contributed by atoms with E-state index in [-0.39, 0.29) is 0 Å². The topological polar surface area (TPSA) is 3.24 Å². The van der Waals surface area contributed by atoms with Crippen molar-refractivity contribution in [2.75, 3.05) is 11.9 Å². The van der Waals surface area contributed by atoms with Crippen molar-refractivity contribution in [2.45, 2.75) is 44.5 Å². The lowest BCUT2D eigenvalue weighted by Gasteiger charge is -2.36. The predicted octanol–water partition coefficient (Wildman–Crippen LogP) is 5.09. The number of alkyl halides is 1. The lowest BCUT2D eigenvalue weighted by atomic mass is 9.86. The molecule has 0 heterocycles. The van der Waals surface area contributed by atoms with Crippen molar-refractivity contribution < 1.29 is 0 Å². The lowest BCUT2D eigenvalue weighted by molar-refractivity contribution is 0.336. The first kappa shape index (κ1) is 14.0. The minimum absolute atomic E-state index is 0.518. The molecule has 3 heteroatoms. The van der Waals surface area contributed by atoms with Gasteiger partial charge in [-0.05, 0) is 36.5 Å². The second-order valence-corrected chi connectivity index (χ2v) is 6.13. The molecule has 0 amide bonds. The van der Waals surface area contributed by atoms with Gasteiger partial charge in [-0.3, -0.25) is 0 Å². The molecule has 2 rings (SSSR count). The maximum atomic E-state index is 6.36. The van der Waals surface area contributed by atoms with E-state index in [0.717, 1.165) is 22.2 Å². The fraction of sp³-hybridized carbons (Fsp3) is 0.600. The molecule has 0 saturated heterocycles. The molecule has 1 aromatic carbocycles. The Kier molecular flexibility index (Phi) is 4.80. The van der Waals surface area contributed by atoms with Crippen LogP contribution in [0.25, 0.3) is 0 Å². The summed E-state index contributed by atoms with van der Waals surface area (Å²) in [5.41, 5.74) is 2.21. The third kappa shape index (κ3) is 3.13. The normalized spacial score (nSPS) is 24.0. The highest BCUT2D eigenvalue weighted by molar-refractivity contribution is 6.33. The molecule has 0 N–H and O–H groups in total. The van der Waals surface area contributed by atoms with Crippen LogP contribution in [0.3, 0.4) is 0 Å². The van der Waals surface area contributed by atoms with E-state index >= 15 is 0 Å². The molecule has 1 saturated carbocycles. The van der Waals surface area contributed by atoms with Crippen molar-refractivity contribution in [3.8, 4) is 0 Å². The third-order valence-corrected chi connectivity index (χ3v) is 4.61. The van der Waals surface area contributed by atoms with Crippen molar-refractivity contribution in [3.05, 3.63) is 28.8 Å². The van der Waals surface area contributed by atoms with Crippen molar-refractivity contribution in [1.29, 1.82) is 0 Å². The Morgan fingerprint density at radius 2 is 2.11 bits per heavy atom. The Balaban J connectivity index is 2.15. The molecule has 1 fully saturated rings. The smallest absolute Gasteiger partial charge is 0.0642 e. The van der Waals surface area contributed by atoms with Gasteiger partial charge in [-0.2, -0.15) is 0 Å². The van der Waals surface area contributed by atoms with E-state index in [1.165, 1.54) is 25.7 Å². The molecule has 0 bridgehead atoms. The molecule has 0 spiro atoms. The Bertz CT molecular complexity index is 405. The minimum Gasteiger partial charge on any atom is -0.370 e. The molecule has 0 aromatic heterocycles. The van der Waals surface area contributed by atoms with Gasteiger partial charge in [0.1, 0.15) is 0 Å². The highest BCUT2D eigenvalue weighted by Gasteiger charge is 2.23. The van der Waals surface area contributed by atoms with Gasteiger partial charge in [0.25, 0.3) is 0 Å². The number of halogens is 2. The van der Waals surface area contributed by atoms with Crippen LogP contribution in [0.4, 0.5) is 5.69 Å². The summed E-state index contributed by atoms with van der Waals surface area (Å²) in [4.78, 5) is 2.34. The van der Waals surface area contributed by atoms with Crippen LogP contribution in [-0.2, 0) is 5.88 Å². The first-order chi connectivity index (χ1) is 8.61. The van der Waals surface area contributed by atoms with Gasteiger partial charge in [0.05, 0.1) is 10.7 Å². The van der Waals surface area contributed by atoms with E-state index in [2.05, 4.69) is 31.0 Å². The molecular weight excluding hydrogens is 265 g/mol. The van der Waals surface area contributed by atoms with Gasteiger partial charge in [0, 0.05) is 19.0 Å². The van der Waals surface area contributed by atoms with E-state index in [0.29, 0.717) is 11.9 Å². The molecule has 100 valence electrons. The van der Waals surface area contributed by atoms with Crippen molar-refractivity contribution in [1.82, 2.24) is 0 Å². The summed E-state index contributed by atoms with van der Waals surface area (Å²) in [6.45, 7) is 2.35. The fourth-order valence-electron chi connectivity index (χ4n) is 2.87. The van der Waals surface area contributed by atoms with Crippen LogP contribution in [0.5, 0.6) is 0 Å². The molecule has 2 atom stereocenters. The largest absolute Gasteiger partial charge is 0.370 e. The Morgan fingerprint density at radius 3 is 2.72 bits per heavy atom. The van der Waals surface area contributed by atoms with Crippen LogP contribution in [0, 0.1) is 5.92 Å². The van der Waals surface area contributed by atoms with Crippen LogP contribution >= 0.6 is 23.2 Å². The summed E-state index contributed by atoms with van der Waals surface area (Å²) in [6.07, 6.45) is 5.23. The number of rotatable bonds is 3. The Labute approximate surface area is 120 Å². The fourth-order valence-corrected chi connectivity index (χ4v) is 3.37. The monoisotopic (exact) mass is 285 g/mol. The van der Waals surface area contributed by atoms with Crippen LogP contribution in [0.15, 0.2) is 18.2 Å². The van der Waals surface area contributed by atoms with Gasteiger partial charge in [0.15, 0.2) is 0 Å². The first-order valence-electron chi connectivity index (χ1n) is 6.69. The maximum Gasteiger partial charge on any atom is 0.0642 e. The minimum atomic E-state index is 0.518. The standard InChI is InChI=1S/C15H21Cl2N/c1-11-4-3-5-13(8-11)18(2)15-7-6-12(10-16)9-14(15)17/h6-7,9,11,13H,3-5,8,10H2,1-2H3. The third-order valence-electron chi connectivity index (χ3n) is 4.00. The average molecular weight is 286 g/mol. The van der Waals surface area contributed by atoms with Gasteiger partial charge in [0.2, 0.25) is 0 Å². The second kappa shape index (κ2) is 6.16. The zero-order chi connectivity index (χ0) is 13.1. The summed E-state index contributed by atoms with van der Waals surface area (Å²) in [5.74, 6) is 1.34. The number of benzene rings is 1. The highest BCUT2D eigenvalue weighted by atomic mass is 35.5. The van der Waals surface area contributed by atoms with E-state index in [1.807, 2.05) is 6.07 Å². The Hall–Kier alpha value is -0.400. The summed E-state index contributed by atoms with van der Waals surface area (Å²) < 4.78 is 0. The number of hydrogen-bond acceptors (Lipinski definition) is 1. The SMILES string of the molecule is CC1CCCC(N(C)c2ccc(CCl)cc2Cl)C1. The zero-order valence-electron chi connectivity index (χ0n) is 11.1. The number of hydrogen-bond donors (Lipinski definition) is 0. The first-order valence-corrected chi connectivity index (χ1v) is 7.60. The zero-order valence-corrected chi connectivity index (χ0v) is 12.6. The van der Waals surface area contributed by atoms with Gasteiger partial charge >= 0.3 is 0 Å². The molecule has 0 aliphatic heterocycles.